The van der Waals surface area contributed by atoms with Crippen LogP contribution in [0.25, 0.3) is 11.1 Å². The van der Waals surface area contributed by atoms with Gasteiger partial charge in [0.15, 0.2) is 0 Å². The Kier molecular flexibility index (Phi) is 3.59. The van der Waals surface area contributed by atoms with Crippen molar-refractivity contribution in [2.24, 2.45) is 0 Å². The van der Waals surface area contributed by atoms with Gasteiger partial charge in [0.1, 0.15) is 0 Å². The molecule has 2 aromatic carbocycles. The summed E-state index contributed by atoms with van der Waals surface area (Å²) in [5.41, 5.74) is -0.713. The highest BCUT2D eigenvalue weighted by molar-refractivity contribution is 5.68. The van der Waals surface area contributed by atoms with Gasteiger partial charge in [-0.25, -0.2) is 0 Å². The number of halogens is 6. The predicted octanol–water partition coefficient (Wildman–Crippen LogP) is 5.73. The van der Waals surface area contributed by atoms with Gasteiger partial charge in [-0.2, -0.15) is 38.0 Å². The molecule has 0 aliphatic heterocycles. The van der Waals surface area contributed by atoms with E-state index in [2.05, 4.69) is 0 Å². The minimum absolute atomic E-state index is 0.0895. The Labute approximate surface area is 117 Å². The third kappa shape index (κ3) is 3.25. The summed E-state index contributed by atoms with van der Waals surface area (Å²) in [7, 11) is 0. The molecule has 0 unspecified atom stereocenters. The fourth-order valence-electron chi connectivity index (χ4n) is 2.02. The van der Waals surface area contributed by atoms with Gasteiger partial charge in [-0.1, -0.05) is 31.5 Å². The van der Waals surface area contributed by atoms with E-state index in [4.69, 9.17) is 0 Å². The van der Waals surface area contributed by atoms with Crippen LogP contribution in [0.1, 0.15) is 22.3 Å². The van der Waals surface area contributed by atoms with E-state index < -0.39 is 23.5 Å². The smallest absolute Gasteiger partial charge is 0.173 e. The van der Waals surface area contributed by atoms with Crippen LogP contribution in [0.2, 0.25) is 0 Å². The van der Waals surface area contributed by atoms with E-state index >= 15 is 0 Å². The van der Waals surface area contributed by atoms with Gasteiger partial charge < -0.3 is 0 Å². The summed E-state index contributed by atoms with van der Waals surface area (Å²) in [4.78, 5) is 0. The maximum Gasteiger partial charge on any atom is 0.415 e. The zero-order valence-electron chi connectivity index (χ0n) is 11.2. The van der Waals surface area contributed by atoms with Crippen molar-refractivity contribution in [1.29, 1.82) is 0 Å². The van der Waals surface area contributed by atoms with Crippen molar-refractivity contribution >= 4 is 0 Å². The monoisotopic (exact) mass is 305 g/mol. The summed E-state index contributed by atoms with van der Waals surface area (Å²) in [6.07, 6.45) is -9.65. The number of benzene rings is 1. The Morgan fingerprint density at radius 1 is 0.762 bits per heavy atom. The first kappa shape index (κ1) is 15.5. The van der Waals surface area contributed by atoms with Crippen molar-refractivity contribution in [3.8, 4) is 11.1 Å². The SMILES string of the molecule is Cc1cc(-c2cc(C(F)(F)F)cc(C(F)(F)F)c2)[cH-]c1C. The molecule has 0 atom stereocenters. The second-order valence-corrected chi connectivity index (χ2v) is 4.90. The molecule has 0 fully saturated rings. The standard InChI is InChI=1S/C15H11F6/c1-8-3-10(4-9(8)2)11-5-12(14(16,17)18)7-13(6-11)15(19,20)21/h3-7H,1-2H3/q-1. The Hall–Kier alpha value is -1.85. The maximum absolute atomic E-state index is 12.8. The molecule has 0 bridgehead atoms. The summed E-state index contributed by atoms with van der Waals surface area (Å²) in [5.74, 6) is 0. The molecular formula is C15H11F6-. The van der Waals surface area contributed by atoms with Gasteiger partial charge in [-0.05, 0) is 6.07 Å². The highest BCUT2D eigenvalue weighted by atomic mass is 19.4. The fraction of sp³-hybridized carbons (Fsp3) is 0.267. The van der Waals surface area contributed by atoms with E-state index in [0.717, 1.165) is 23.3 Å². The lowest BCUT2D eigenvalue weighted by Crippen LogP contribution is -2.11. The summed E-state index contributed by atoms with van der Waals surface area (Å²) in [6, 6.07) is 4.76. The molecule has 0 aliphatic carbocycles. The third-order valence-electron chi connectivity index (χ3n) is 3.29. The van der Waals surface area contributed by atoms with Gasteiger partial charge in [0.25, 0.3) is 0 Å². The van der Waals surface area contributed by atoms with Crippen LogP contribution in [0.3, 0.4) is 0 Å². The summed E-state index contributed by atoms with van der Waals surface area (Å²) in [6.45, 7) is 3.49. The molecule has 0 N–H and O–H groups in total. The van der Waals surface area contributed by atoms with Gasteiger partial charge in [-0.3, -0.25) is 0 Å². The van der Waals surface area contributed by atoms with E-state index in [0.29, 0.717) is 5.56 Å². The van der Waals surface area contributed by atoms with Crippen molar-refractivity contribution in [2.75, 3.05) is 0 Å². The molecule has 0 radical (unpaired) electrons. The van der Waals surface area contributed by atoms with E-state index in [1.54, 1.807) is 26.0 Å². The molecule has 0 spiro atoms. The second-order valence-electron chi connectivity index (χ2n) is 4.90. The molecule has 0 saturated carbocycles. The van der Waals surface area contributed by atoms with Crippen LogP contribution in [-0.4, -0.2) is 0 Å². The van der Waals surface area contributed by atoms with Crippen LogP contribution >= 0.6 is 0 Å². The van der Waals surface area contributed by atoms with Crippen LogP contribution in [0.15, 0.2) is 30.3 Å². The van der Waals surface area contributed by atoms with Crippen LogP contribution < -0.4 is 0 Å². The highest BCUT2D eigenvalue weighted by Gasteiger charge is 2.36. The molecular weight excluding hydrogens is 294 g/mol. The van der Waals surface area contributed by atoms with Crippen molar-refractivity contribution in [1.82, 2.24) is 0 Å². The van der Waals surface area contributed by atoms with Gasteiger partial charge in [-0.15, -0.1) is 17.2 Å². The van der Waals surface area contributed by atoms with Crippen molar-refractivity contribution in [3.63, 3.8) is 0 Å². The molecule has 2 aromatic rings. The van der Waals surface area contributed by atoms with Gasteiger partial charge in [0.2, 0.25) is 0 Å². The Morgan fingerprint density at radius 3 is 1.57 bits per heavy atom. The van der Waals surface area contributed by atoms with E-state index in [-0.39, 0.29) is 11.6 Å². The molecule has 114 valence electrons. The number of aryl methyl sites for hydroxylation is 2. The third-order valence-corrected chi connectivity index (χ3v) is 3.29. The predicted molar refractivity (Wildman–Crippen MR) is 66.9 cm³/mol. The first-order valence-electron chi connectivity index (χ1n) is 6.02. The van der Waals surface area contributed by atoms with E-state index in [9.17, 15) is 26.3 Å². The Bertz CT molecular complexity index is 606. The molecule has 0 amide bonds. The number of hydrogen-bond acceptors (Lipinski definition) is 0. The number of alkyl halides is 6. The summed E-state index contributed by atoms with van der Waals surface area (Å²) in [5, 5.41) is 0. The van der Waals surface area contributed by atoms with Gasteiger partial charge in [0, 0.05) is 11.1 Å². The highest BCUT2D eigenvalue weighted by Crippen LogP contribution is 2.39. The van der Waals surface area contributed by atoms with Crippen LogP contribution in [-0.2, 0) is 12.4 Å². The first-order chi connectivity index (χ1) is 9.48. The molecule has 0 nitrogen and oxygen atoms in total. The molecule has 0 aliphatic rings. The summed E-state index contributed by atoms with van der Waals surface area (Å²) < 4.78 is 76.6. The number of hydrogen-bond donors (Lipinski definition) is 0. The van der Waals surface area contributed by atoms with Crippen LogP contribution in [0.5, 0.6) is 0 Å². The zero-order chi connectivity index (χ0) is 16.0. The lowest BCUT2D eigenvalue weighted by molar-refractivity contribution is -0.143. The fourth-order valence-corrected chi connectivity index (χ4v) is 2.02. The number of rotatable bonds is 1. The first-order valence-corrected chi connectivity index (χ1v) is 6.02. The summed E-state index contributed by atoms with van der Waals surface area (Å²) >= 11 is 0. The van der Waals surface area contributed by atoms with Crippen LogP contribution in [0.4, 0.5) is 26.3 Å². The average molecular weight is 305 g/mol. The lowest BCUT2D eigenvalue weighted by atomic mass is 10.0. The minimum Gasteiger partial charge on any atom is -0.173 e. The minimum atomic E-state index is -4.83. The Balaban J connectivity index is 2.65. The largest absolute Gasteiger partial charge is 0.415 e. The van der Waals surface area contributed by atoms with Crippen molar-refractivity contribution in [3.05, 3.63) is 52.6 Å². The maximum atomic E-state index is 12.8. The van der Waals surface area contributed by atoms with Gasteiger partial charge >= 0.3 is 12.4 Å². The van der Waals surface area contributed by atoms with Crippen LogP contribution in [0, 0.1) is 13.8 Å². The van der Waals surface area contributed by atoms with Gasteiger partial charge in [0.05, 0.1) is 0 Å². The lowest BCUT2D eigenvalue weighted by Gasteiger charge is -2.16. The molecule has 6 heteroatoms. The normalized spacial score (nSPS) is 12.8. The molecule has 0 heterocycles. The topological polar surface area (TPSA) is 0 Å². The van der Waals surface area contributed by atoms with E-state index in [1.807, 2.05) is 0 Å². The van der Waals surface area contributed by atoms with Crippen molar-refractivity contribution < 1.29 is 26.3 Å². The molecule has 0 aromatic heterocycles. The average Bonchev–Trinajstić information content (AvgIpc) is 2.67. The zero-order valence-corrected chi connectivity index (χ0v) is 11.2. The molecule has 21 heavy (non-hydrogen) atoms. The second kappa shape index (κ2) is 4.86. The molecule has 2 rings (SSSR count). The van der Waals surface area contributed by atoms with E-state index in [1.165, 1.54) is 0 Å². The molecule has 0 saturated heterocycles. The quantitative estimate of drug-likeness (QED) is 0.466. The Morgan fingerprint density at radius 2 is 1.24 bits per heavy atom. The van der Waals surface area contributed by atoms with Crippen molar-refractivity contribution in [2.45, 2.75) is 26.2 Å².